The smallest absolute Gasteiger partial charge is 0.416 e. The van der Waals surface area contributed by atoms with Gasteiger partial charge in [-0.15, -0.1) is 0 Å². The van der Waals surface area contributed by atoms with Crippen molar-refractivity contribution in [3.63, 3.8) is 0 Å². The molecule has 2 aromatic carbocycles. The number of sulfonamides is 1. The molecule has 3 rings (SSSR count). The van der Waals surface area contributed by atoms with Gasteiger partial charge in [0.25, 0.3) is 10.0 Å². The lowest BCUT2D eigenvalue weighted by Gasteiger charge is -2.14. The van der Waals surface area contributed by atoms with Crippen molar-refractivity contribution in [3.8, 4) is 5.75 Å². The molecule has 164 valence electrons. The van der Waals surface area contributed by atoms with Gasteiger partial charge in [0.05, 0.1) is 21.7 Å². The van der Waals surface area contributed by atoms with E-state index in [0.717, 1.165) is 24.3 Å². The van der Waals surface area contributed by atoms with Crippen LogP contribution in [0.2, 0.25) is 0 Å². The van der Waals surface area contributed by atoms with Gasteiger partial charge in [-0.05, 0) is 48.5 Å². The second-order valence-corrected chi connectivity index (χ2v) is 7.87. The normalized spacial score (nSPS) is 11.9. The quantitative estimate of drug-likeness (QED) is 0.535. The zero-order valence-electron chi connectivity index (χ0n) is 15.5. The summed E-state index contributed by atoms with van der Waals surface area (Å²) in [6.45, 7) is -0.622. The first-order chi connectivity index (χ1) is 14.5. The summed E-state index contributed by atoms with van der Waals surface area (Å²) in [5, 5.41) is 0. The second kappa shape index (κ2) is 8.38. The van der Waals surface area contributed by atoms with Crippen molar-refractivity contribution in [2.24, 2.45) is 0 Å². The Bertz CT molecular complexity index is 1200. The average molecular weight is 459 g/mol. The van der Waals surface area contributed by atoms with E-state index in [1.54, 1.807) is 0 Å². The highest BCUT2D eigenvalue weighted by molar-refractivity contribution is 7.92. The van der Waals surface area contributed by atoms with Gasteiger partial charge >= 0.3 is 6.18 Å². The summed E-state index contributed by atoms with van der Waals surface area (Å²) in [5.41, 5.74) is 3.34. The zero-order chi connectivity index (χ0) is 22.8. The van der Waals surface area contributed by atoms with Crippen LogP contribution in [0.5, 0.6) is 5.75 Å². The number of pyridine rings is 1. The molecule has 0 aliphatic rings. The number of hydrogen-bond donors (Lipinski definition) is 2. The van der Waals surface area contributed by atoms with Crippen molar-refractivity contribution in [1.82, 2.24) is 4.98 Å². The molecule has 3 aromatic rings. The third-order valence-electron chi connectivity index (χ3n) is 4.09. The fourth-order valence-corrected chi connectivity index (χ4v) is 3.57. The number of halogens is 5. The average Bonchev–Trinajstić information content (AvgIpc) is 2.71. The molecule has 0 bridgehead atoms. The molecule has 3 N–H and O–H groups in total. The molecule has 0 saturated heterocycles. The molecule has 0 saturated carbocycles. The molecule has 0 radical (unpaired) electrons. The lowest BCUT2D eigenvalue weighted by Crippen LogP contribution is -2.16. The van der Waals surface area contributed by atoms with Crippen LogP contribution in [0.4, 0.5) is 33.5 Å². The Morgan fingerprint density at radius 2 is 1.71 bits per heavy atom. The van der Waals surface area contributed by atoms with Gasteiger partial charge in [-0.2, -0.15) is 13.2 Å². The number of nitrogen functional groups attached to an aromatic ring is 1. The Morgan fingerprint density at radius 1 is 1.03 bits per heavy atom. The lowest BCUT2D eigenvalue weighted by molar-refractivity contribution is -0.137. The number of ether oxygens (including phenoxy) is 1. The summed E-state index contributed by atoms with van der Waals surface area (Å²) in [7, 11) is -4.45. The number of aromatic nitrogens is 1. The minimum Gasteiger partial charge on any atom is -0.485 e. The van der Waals surface area contributed by atoms with E-state index in [1.165, 1.54) is 18.3 Å². The number of benzene rings is 2. The SMILES string of the molecule is Nc1ncccc1OCc1c(F)ccc(NS(=O)(=O)c2ccc(C(F)(F)F)cc2)c1F. The van der Waals surface area contributed by atoms with Crippen LogP contribution in [-0.2, 0) is 22.8 Å². The Kier molecular flexibility index (Phi) is 6.02. The van der Waals surface area contributed by atoms with Crippen LogP contribution >= 0.6 is 0 Å². The van der Waals surface area contributed by atoms with Gasteiger partial charge in [0.2, 0.25) is 0 Å². The highest BCUT2D eigenvalue weighted by atomic mass is 32.2. The summed E-state index contributed by atoms with van der Waals surface area (Å²) < 4.78 is 98.8. The van der Waals surface area contributed by atoms with Gasteiger partial charge in [0.1, 0.15) is 12.4 Å². The summed E-state index contributed by atoms with van der Waals surface area (Å²) in [5.74, 6) is -2.20. The fraction of sp³-hybridized carbons (Fsp3) is 0.105. The minimum absolute atomic E-state index is 0.0116. The maximum Gasteiger partial charge on any atom is 0.416 e. The maximum atomic E-state index is 14.8. The van der Waals surface area contributed by atoms with Crippen LogP contribution in [0.3, 0.4) is 0 Å². The van der Waals surface area contributed by atoms with E-state index >= 15 is 0 Å². The molecule has 6 nitrogen and oxygen atoms in total. The number of alkyl halides is 3. The first-order valence-electron chi connectivity index (χ1n) is 8.49. The van der Waals surface area contributed by atoms with Crippen LogP contribution in [0.25, 0.3) is 0 Å². The molecule has 0 unspecified atom stereocenters. The van der Waals surface area contributed by atoms with Gasteiger partial charge in [-0.3, -0.25) is 4.72 Å². The van der Waals surface area contributed by atoms with E-state index in [0.29, 0.717) is 12.1 Å². The molecule has 0 aliphatic carbocycles. The Balaban J connectivity index is 1.84. The summed E-state index contributed by atoms with van der Waals surface area (Å²) in [6.07, 6.45) is -3.26. The Labute approximate surface area is 173 Å². The topological polar surface area (TPSA) is 94.3 Å². The predicted octanol–water partition coefficient (Wildman–Crippen LogP) is 4.34. The largest absolute Gasteiger partial charge is 0.485 e. The van der Waals surface area contributed by atoms with Crippen LogP contribution in [0.15, 0.2) is 59.6 Å². The van der Waals surface area contributed by atoms with Gasteiger partial charge in [-0.25, -0.2) is 22.2 Å². The van der Waals surface area contributed by atoms with Crippen LogP contribution < -0.4 is 15.2 Å². The monoisotopic (exact) mass is 459 g/mol. The molecule has 0 fully saturated rings. The first-order valence-corrected chi connectivity index (χ1v) is 9.97. The van der Waals surface area contributed by atoms with Crippen molar-refractivity contribution in [2.75, 3.05) is 10.5 Å². The van der Waals surface area contributed by atoms with Crippen LogP contribution in [0.1, 0.15) is 11.1 Å². The second-order valence-electron chi connectivity index (χ2n) is 6.19. The van der Waals surface area contributed by atoms with Crippen LogP contribution in [-0.4, -0.2) is 13.4 Å². The van der Waals surface area contributed by atoms with E-state index in [9.17, 15) is 30.4 Å². The zero-order valence-corrected chi connectivity index (χ0v) is 16.3. The summed E-state index contributed by atoms with van der Waals surface area (Å²) in [6, 6.07) is 7.18. The van der Waals surface area contributed by atoms with Crippen molar-refractivity contribution in [3.05, 3.63) is 77.5 Å². The van der Waals surface area contributed by atoms with Gasteiger partial charge in [0, 0.05) is 6.20 Å². The molecule has 31 heavy (non-hydrogen) atoms. The lowest BCUT2D eigenvalue weighted by atomic mass is 10.2. The van der Waals surface area contributed by atoms with Gasteiger partial charge in [-0.1, -0.05) is 0 Å². The van der Waals surface area contributed by atoms with E-state index < -0.39 is 56.2 Å². The number of nitrogens with two attached hydrogens (primary N) is 1. The number of rotatable bonds is 6. The van der Waals surface area contributed by atoms with E-state index in [2.05, 4.69) is 4.98 Å². The highest BCUT2D eigenvalue weighted by Crippen LogP contribution is 2.31. The van der Waals surface area contributed by atoms with Crippen molar-refractivity contribution in [2.45, 2.75) is 17.7 Å². The number of nitrogens with one attached hydrogen (secondary N) is 1. The standard InChI is InChI=1S/C19H14F5N3O3S/c20-14-7-8-15(17(21)13(14)10-30-16-2-1-9-26-18(16)25)27-31(28,29)12-5-3-11(4-6-12)19(22,23)24/h1-9,27H,10H2,(H2,25,26). The van der Waals surface area contributed by atoms with Crippen LogP contribution in [0, 0.1) is 11.6 Å². The molecule has 0 aliphatic heterocycles. The highest BCUT2D eigenvalue weighted by Gasteiger charge is 2.31. The Hall–Kier alpha value is -3.41. The molecule has 0 atom stereocenters. The van der Waals surface area contributed by atoms with Gasteiger partial charge in [0.15, 0.2) is 17.4 Å². The maximum absolute atomic E-state index is 14.8. The predicted molar refractivity (Wildman–Crippen MR) is 102 cm³/mol. The molecule has 0 amide bonds. The summed E-state index contributed by atoms with van der Waals surface area (Å²) in [4.78, 5) is 3.22. The number of hydrogen-bond acceptors (Lipinski definition) is 5. The molecule has 1 aromatic heterocycles. The third-order valence-corrected chi connectivity index (χ3v) is 5.48. The summed E-state index contributed by atoms with van der Waals surface area (Å²) >= 11 is 0. The first kappa shape index (κ1) is 22.3. The minimum atomic E-state index is -4.65. The fourth-order valence-electron chi connectivity index (χ4n) is 2.51. The molecule has 12 heteroatoms. The molecular weight excluding hydrogens is 445 g/mol. The molecular formula is C19H14F5N3O3S. The van der Waals surface area contributed by atoms with Crippen molar-refractivity contribution in [1.29, 1.82) is 0 Å². The third kappa shape index (κ3) is 5.02. The number of anilines is 2. The number of nitrogens with zero attached hydrogens (tertiary/aromatic N) is 1. The van der Waals surface area contributed by atoms with Gasteiger partial charge < -0.3 is 10.5 Å². The molecule has 1 heterocycles. The van der Waals surface area contributed by atoms with E-state index in [1.807, 2.05) is 4.72 Å². The van der Waals surface area contributed by atoms with Crippen molar-refractivity contribution < 1.29 is 35.1 Å². The Morgan fingerprint density at radius 3 is 2.32 bits per heavy atom. The van der Waals surface area contributed by atoms with E-state index in [4.69, 9.17) is 10.5 Å². The van der Waals surface area contributed by atoms with Crippen molar-refractivity contribution >= 4 is 21.5 Å². The molecule has 0 spiro atoms. The van der Waals surface area contributed by atoms with E-state index in [-0.39, 0.29) is 11.6 Å².